The van der Waals surface area contributed by atoms with Crippen LogP contribution in [0.3, 0.4) is 0 Å². The molecule has 1 fully saturated rings. The molecule has 0 bridgehead atoms. The maximum Gasteiger partial charge on any atom is 0.341 e. The Hall–Kier alpha value is -3.42. The lowest BCUT2D eigenvalue weighted by atomic mass is 9.99. The molecule has 0 spiro atoms. The van der Waals surface area contributed by atoms with Gasteiger partial charge in [-0.1, -0.05) is 30.3 Å². The third-order valence-corrected chi connectivity index (χ3v) is 4.90. The molecule has 1 aromatic heterocycles. The van der Waals surface area contributed by atoms with Crippen molar-refractivity contribution in [3.8, 4) is 17.0 Å². The zero-order valence-electron chi connectivity index (χ0n) is 14.8. The number of carboxylic acid groups (broad SMARTS) is 1. The number of carbonyl (C=O) groups is 1. The molecule has 144 valence electrons. The number of aromatic carboxylic acids is 1. The number of ether oxygens (including phenoxy) is 1. The Morgan fingerprint density at radius 1 is 1.21 bits per heavy atom. The van der Waals surface area contributed by atoms with Crippen molar-refractivity contribution in [2.24, 2.45) is 0 Å². The highest BCUT2D eigenvalue weighted by Gasteiger charge is 2.35. The molecule has 0 radical (unpaired) electrons. The van der Waals surface area contributed by atoms with Gasteiger partial charge in [0.15, 0.2) is 11.6 Å². The van der Waals surface area contributed by atoms with Gasteiger partial charge in [0, 0.05) is 6.04 Å². The third kappa shape index (κ3) is 2.45. The van der Waals surface area contributed by atoms with Crippen LogP contribution in [0.1, 0.15) is 29.2 Å². The van der Waals surface area contributed by atoms with E-state index < -0.39 is 40.0 Å². The average Bonchev–Trinajstić information content (AvgIpc) is 3.51. The Morgan fingerprint density at radius 2 is 1.86 bits per heavy atom. The maximum atomic E-state index is 14.6. The predicted molar refractivity (Wildman–Crippen MR) is 99.8 cm³/mol. The van der Waals surface area contributed by atoms with Crippen LogP contribution in [0.2, 0.25) is 0 Å². The van der Waals surface area contributed by atoms with Gasteiger partial charge in [0.05, 0.1) is 23.9 Å². The summed E-state index contributed by atoms with van der Waals surface area (Å²) < 4.78 is 35.5. The number of hydrogen-bond acceptors (Lipinski definition) is 4. The highest BCUT2D eigenvalue weighted by molar-refractivity contribution is 6.04. The van der Waals surface area contributed by atoms with Gasteiger partial charge in [-0.15, -0.1) is 0 Å². The molecule has 3 N–H and O–H groups in total. The van der Waals surface area contributed by atoms with Crippen LogP contribution in [0.5, 0.6) is 5.75 Å². The second-order valence-corrected chi connectivity index (χ2v) is 6.62. The number of carboxylic acids is 1. The van der Waals surface area contributed by atoms with E-state index in [0.29, 0.717) is 18.4 Å². The molecule has 1 aliphatic carbocycles. The highest BCUT2D eigenvalue weighted by atomic mass is 19.2. The van der Waals surface area contributed by atoms with Gasteiger partial charge >= 0.3 is 5.97 Å². The van der Waals surface area contributed by atoms with E-state index >= 15 is 0 Å². The summed E-state index contributed by atoms with van der Waals surface area (Å²) in [6, 6.07) is 8.27. The molecule has 8 heteroatoms. The van der Waals surface area contributed by atoms with E-state index in [-0.39, 0.29) is 22.6 Å². The van der Waals surface area contributed by atoms with Crippen LogP contribution in [0.25, 0.3) is 22.2 Å². The number of nitrogen functional groups attached to an aromatic ring is 1. The van der Waals surface area contributed by atoms with Gasteiger partial charge in [0.1, 0.15) is 11.1 Å². The second kappa shape index (κ2) is 6.33. The van der Waals surface area contributed by atoms with Crippen LogP contribution in [0.15, 0.2) is 35.1 Å². The molecule has 0 aliphatic heterocycles. The van der Waals surface area contributed by atoms with E-state index in [1.165, 1.54) is 0 Å². The number of pyridine rings is 1. The van der Waals surface area contributed by atoms with E-state index in [0.717, 1.165) is 7.11 Å². The largest absolute Gasteiger partial charge is 0.491 e. The van der Waals surface area contributed by atoms with Gasteiger partial charge < -0.3 is 20.1 Å². The minimum absolute atomic E-state index is 0.0322. The molecule has 3 aromatic rings. The van der Waals surface area contributed by atoms with Crippen molar-refractivity contribution in [2.45, 2.75) is 18.9 Å². The van der Waals surface area contributed by atoms with Gasteiger partial charge in [-0.2, -0.15) is 4.39 Å². The number of rotatable bonds is 4. The fourth-order valence-corrected chi connectivity index (χ4v) is 3.56. The van der Waals surface area contributed by atoms with Crippen molar-refractivity contribution in [2.75, 3.05) is 12.8 Å². The molecule has 0 atom stereocenters. The van der Waals surface area contributed by atoms with Crippen molar-refractivity contribution in [1.82, 2.24) is 4.57 Å². The van der Waals surface area contributed by atoms with Gasteiger partial charge in [-0.25, -0.2) is 9.18 Å². The number of nitrogens with zero attached hydrogens (tertiary/aromatic N) is 1. The first kappa shape index (κ1) is 18.0. The first-order valence-corrected chi connectivity index (χ1v) is 8.59. The topological polar surface area (TPSA) is 94.6 Å². The zero-order valence-corrected chi connectivity index (χ0v) is 14.8. The van der Waals surface area contributed by atoms with Gasteiger partial charge in [-0.05, 0) is 18.4 Å². The highest BCUT2D eigenvalue weighted by Crippen LogP contribution is 2.45. The van der Waals surface area contributed by atoms with Crippen molar-refractivity contribution < 1.29 is 23.4 Å². The molecule has 28 heavy (non-hydrogen) atoms. The van der Waals surface area contributed by atoms with E-state index in [1.807, 2.05) is 0 Å². The van der Waals surface area contributed by atoms with Gasteiger partial charge in [0.2, 0.25) is 11.2 Å². The number of nitrogens with two attached hydrogens (primary N) is 1. The number of hydrogen-bond donors (Lipinski definition) is 2. The summed E-state index contributed by atoms with van der Waals surface area (Å²) in [6.45, 7) is 0. The molecule has 0 saturated heterocycles. The van der Waals surface area contributed by atoms with Gasteiger partial charge in [0.25, 0.3) is 0 Å². The van der Waals surface area contributed by atoms with Crippen LogP contribution < -0.4 is 15.9 Å². The minimum Gasteiger partial charge on any atom is -0.491 e. The molecule has 0 unspecified atom stereocenters. The summed E-state index contributed by atoms with van der Waals surface area (Å²) in [5.41, 5.74) is 4.03. The van der Waals surface area contributed by atoms with E-state index in [1.54, 1.807) is 34.9 Å². The molecule has 6 nitrogen and oxygen atoms in total. The van der Waals surface area contributed by atoms with Crippen LogP contribution in [-0.2, 0) is 0 Å². The standard InChI is InChI=1S/C20H16F2N2O4/c1-28-19-14(22)13(21)15(23)11-17(19)24(10-7-8-10)16(9-5-3-2-4-6-9)12(18(11)25)20(26)27/h2-6,10H,7-8,23H2,1H3,(H,26,27). The summed E-state index contributed by atoms with van der Waals surface area (Å²) in [6.07, 6.45) is 1.39. The molecular formula is C20H16F2N2O4. The normalized spacial score (nSPS) is 13.7. The van der Waals surface area contributed by atoms with Crippen molar-refractivity contribution >= 4 is 22.6 Å². The summed E-state index contributed by atoms with van der Waals surface area (Å²) in [4.78, 5) is 25.1. The van der Waals surface area contributed by atoms with Crippen LogP contribution >= 0.6 is 0 Å². The van der Waals surface area contributed by atoms with Crippen molar-refractivity contribution in [3.05, 3.63) is 57.8 Å². The quantitative estimate of drug-likeness (QED) is 0.669. The fourth-order valence-electron chi connectivity index (χ4n) is 3.56. The third-order valence-electron chi connectivity index (χ3n) is 4.90. The molecule has 4 rings (SSSR count). The smallest absolute Gasteiger partial charge is 0.341 e. The van der Waals surface area contributed by atoms with Crippen molar-refractivity contribution in [3.63, 3.8) is 0 Å². The van der Waals surface area contributed by atoms with Crippen LogP contribution in [0.4, 0.5) is 14.5 Å². The summed E-state index contributed by atoms with van der Waals surface area (Å²) in [5.74, 6) is -4.70. The molecule has 0 amide bonds. The first-order chi connectivity index (χ1) is 13.4. The summed E-state index contributed by atoms with van der Waals surface area (Å²) in [5, 5.41) is 9.39. The van der Waals surface area contributed by atoms with E-state index in [9.17, 15) is 23.5 Å². The Bertz CT molecular complexity index is 1190. The van der Waals surface area contributed by atoms with Crippen molar-refractivity contribution in [1.29, 1.82) is 0 Å². The van der Waals surface area contributed by atoms with E-state index in [2.05, 4.69) is 0 Å². The lowest BCUT2D eigenvalue weighted by Crippen LogP contribution is -2.24. The second-order valence-electron chi connectivity index (χ2n) is 6.62. The first-order valence-electron chi connectivity index (χ1n) is 8.59. The molecular weight excluding hydrogens is 370 g/mol. The Kier molecular flexibility index (Phi) is 4.06. The van der Waals surface area contributed by atoms with Gasteiger partial charge in [-0.3, -0.25) is 4.79 Å². The molecule has 2 aromatic carbocycles. The number of halogens is 2. The number of fused-ring (bicyclic) bond motifs is 1. The number of aromatic nitrogens is 1. The molecule has 1 heterocycles. The number of anilines is 1. The fraction of sp³-hybridized carbons (Fsp3) is 0.200. The SMILES string of the molecule is COc1c(F)c(F)c(N)c2c(=O)c(C(=O)O)c(-c3ccccc3)n(C3CC3)c12. The predicted octanol–water partition coefficient (Wildman–Crippen LogP) is 3.57. The van der Waals surface area contributed by atoms with Crippen LogP contribution in [-0.4, -0.2) is 22.8 Å². The average molecular weight is 386 g/mol. The van der Waals surface area contributed by atoms with E-state index in [4.69, 9.17) is 10.5 Å². The van der Waals surface area contributed by atoms with Crippen LogP contribution in [0, 0.1) is 11.6 Å². The monoisotopic (exact) mass is 386 g/mol. The lowest BCUT2D eigenvalue weighted by Gasteiger charge is -2.22. The zero-order chi connectivity index (χ0) is 20.2. The Morgan fingerprint density at radius 3 is 2.39 bits per heavy atom. The number of benzene rings is 2. The lowest BCUT2D eigenvalue weighted by molar-refractivity contribution is 0.0696. The summed E-state index contributed by atoms with van der Waals surface area (Å²) in [7, 11) is 1.16. The minimum atomic E-state index is -1.47. The maximum absolute atomic E-state index is 14.6. The Labute approximate surface area is 157 Å². The molecule has 1 saturated carbocycles. The Balaban J connectivity index is 2.34. The summed E-state index contributed by atoms with van der Waals surface area (Å²) >= 11 is 0. The molecule has 1 aliphatic rings. The number of methoxy groups -OCH3 is 1.